The number of hydrogen-bond donors (Lipinski definition) is 0. The third kappa shape index (κ3) is 6.28. The van der Waals surface area contributed by atoms with Crippen molar-refractivity contribution in [1.29, 1.82) is 0 Å². The number of rotatable bonds is 9. The average molecular weight is 899 g/mol. The van der Waals surface area contributed by atoms with Crippen molar-refractivity contribution in [3.63, 3.8) is 0 Å². The predicted molar refractivity (Wildman–Crippen MR) is 293 cm³/mol. The quantitative estimate of drug-likeness (QED) is 0.135. The molecule has 3 heteroatoms. The van der Waals surface area contributed by atoms with E-state index in [0.717, 1.165) is 58.1 Å². The number of furan rings is 1. The van der Waals surface area contributed by atoms with E-state index in [0.29, 0.717) is 0 Å². The summed E-state index contributed by atoms with van der Waals surface area (Å²) in [6, 6.07) is 80.1. The third-order valence-electron chi connectivity index (χ3n) is 14.8. The van der Waals surface area contributed by atoms with Gasteiger partial charge in [0, 0.05) is 49.9 Å². The van der Waals surface area contributed by atoms with Crippen LogP contribution in [0.1, 0.15) is 53.8 Å². The zero-order valence-electron chi connectivity index (χ0n) is 39.3. The fourth-order valence-electron chi connectivity index (χ4n) is 12.0. The Bertz CT molecular complexity index is 3890. The number of nitrogens with zero attached hydrogens (tertiary/aromatic N) is 2. The van der Waals surface area contributed by atoms with Gasteiger partial charge in [-0.3, -0.25) is 0 Å². The zero-order valence-corrected chi connectivity index (χ0v) is 39.3. The number of allylic oxidation sites excluding steroid dienone is 5. The van der Waals surface area contributed by atoms with Crippen molar-refractivity contribution in [3.05, 3.63) is 282 Å². The van der Waals surface area contributed by atoms with Crippen LogP contribution in [0.25, 0.3) is 66.3 Å². The van der Waals surface area contributed by atoms with Gasteiger partial charge in [-0.25, -0.2) is 0 Å². The summed E-state index contributed by atoms with van der Waals surface area (Å²) >= 11 is 0. The van der Waals surface area contributed by atoms with E-state index < -0.39 is 5.41 Å². The van der Waals surface area contributed by atoms with E-state index in [1.807, 2.05) is 0 Å². The zero-order chi connectivity index (χ0) is 46.8. The Morgan fingerprint density at radius 2 is 1.19 bits per heavy atom. The maximum atomic E-state index is 6.60. The second kappa shape index (κ2) is 16.8. The molecule has 3 nitrogen and oxygen atoms in total. The second-order valence-corrected chi connectivity index (χ2v) is 18.5. The van der Waals surface area contributed by atoms with Crippen LogP contribution in [0.5, 0.6) is 0 Å². The van der Waals surface area contributed by atoms with E-state index in [-0.39, 0.29) is 0 Å². The van der Waals surface area contributed by atoms with Crippen molar-refractivity contribution < 1.29 is 4.42 Å². The number of anilines is 3. The van der Waals surface area contributed by atoms with Gasteiger partial charge in [0.15, 0.2) is 0 Å². The Kier molecular flexibility index (Phi) is 9.99. The summed E-state index contributed by atoms with van der Waals surface area (Å²) in [4.78, 5) is 2.49. The standard InChI is InChI=1S/C67H50N2O/c1-3-20-47(4-2)67(48-21-7-5-8-22-48)59-32-14-11-25-54(59)56-30-19-35-62(65(56)67)68(51-43-39-46(40-44-51)53-29-17-31-57-55-26-13-16-36-63(55)70-66(53)57)50-41-37-45(38-42-50)52-28-18-34-61-64(52)58-27-12-15-33-60(58)69(61)49-23-9-6-10-24-49/h3-16,18-30,32-44H,17,31H2,1-2H3/b20-3-,47-4+. The van der Waals surface area contributed by atoms with Gasteiger partial charge in [-0.2, -0.15) is 0 Å². The minimum Gasteiger partial charge on any atom is -0.456 e. The SMILES string of the molecule is C/C=C\C(=C/C)C1(c2ccccc2)c2ccccc2-c2cccc(N(c3ccc(C4=CCCc5c4oc4ccccc54)cc3)c3ccc(-c4cccc5c4c4ccccc4n5-c4ccccc4)cc3)c21. The first kappa shape index (κ1) is 41.5. The summed E-state index contributed by atoms with van der Waals surface area (Å²) < 4.78 is 9.00. The van der Waals surface area contributed by atoms with Crippen LogP contribution in [0, 0.1) is 0 Å². The molecule has 70 heavy (non-hydrogen) atoms. The molecule has 1 atom stereocenters. The van der Waals surface area contributed by atoms with E-state index in [4.69, 9.17) is 4.42 Å². The Morgan fingerprint density at radius 1 is 0.557 bits per heavy atom. The molecule has 334 valence electrons. The molecular formula is C67H50N2O. The Labute approximate surface area is 409 Å². The van der Waals surface area contributed by atoms with Crippen molar-refractivity contribution in [1.82, 2.24) is 4.57 Å². The summed E-state index contributed by atoms with van der Waals surface area (Å²) in [5, 5.41) is 3.70. The van der Waals surface area contributed by atoms with Crippen LogP contribution in [-0.4, -0.2) is 4.57 Å². The molecule has 0 saturated carbocycles. The van der Waals surface area contributed by atoms with E-state index in [1.165, 1.54) is 77.3 Å². The average Bonchev–Trinajstić information content (AvgIpc) is 4.08. The number of benzene rings is 9. The summed E-state index contributed by atoms with van der Waals surface area (Å²) in [6.45, 7) is 4.31. The van der Waals surface area contributed by atoms with Crippen molar-refractivity contribution in [3.8, 4) is 27.9 Å². The van der Waals surface area contributed by atoms with Crippen molar-refractivity contribution in [2.45, 2.75) is 32.1 Å². The molecule has 0 radical (unpaired) electrons. The van der Waals surface area contributed by atoms with Crippen LogP contribution in [0.2, 0.25) is 0 Å². The van der Waals surface area contributed by atoms with Gasteiger partial charge in [0.05, 0.1) is 22.1 Å². The topological polar surface area (TPSA) is 21.3 Å². The molecule has 0 fully saturated rings. The number of fused-ring (bicyclic) bond motifs is 9. The van der Waals surface area contributed by atoms with Crippen LogP contribution in [0.15, 0.2) is 253 Å². The number of hydrogen-bond acceptors (Lipinski definition) is 2. The lowest BCUT2D eigenvalue weighted by Crippen LogP contribution is -2.31. The molecule has 0 bridgehead atoms. The smallest absolute Gasteiger partial charge is 0.138 e. The Morgan fingerprint density at radius 3 is 1.96 bits per heavy atom. The molecule has 0 saturated heterocycles. The molecular weight excluding hydrogens is 849 g/mol. The number of aryl methyl sites for hydroxylation is 1. The molecule has 9 aromatic carbocycles. The van der Waals surface area contributed by atoms with Gasteiger partial charge < -0.3 is 13.9 Å². The van der Waals surface area contributed by atoms with Crippen LogP contribution in [0.4, 0.5) is 17.1 Å². The highest BCUT2D eigenvalue weighted by molar-refractivity contribution is 6.16. The summed E-state index contributed by atoms with van der Waals surface area (Å²) in [6.07, 6.45) is 11.1. The molecule has 13 rings (SSSR count). The minimum absolute atomic E-state index is 0.601. The van der Waals surface area contributed by atoms with Gasteiger partial charge in [0.2, 0.25) is 0 Å². The maximum absolute atomic E-state index is 6.60. The van der Waals surface area contributed by atoms with Crippen LogP contribution in [-0.2, 0) is 11.8 Å². The molecule has 0 aliphatic heterocycles. The lowest BCUT2D eigenvalue weighted by Gasteiger charge is -2.38. The highest BCUT2D eigenvalue weighted by Crippen LogP contribution is 2.60. The van der Waals surface area contributed by atoms with E-state index in [1.54, 1.807) is 0 Å². The van der Waals surface area contributed by atoms with Crippen LogP contribution in [0.3, 0.4) is 0 Å². The van der Waals surface area contributed by atoms with Crippen molar-refractivity contribution in [2.75, 3.05) is 4.90 Å². The van der Waals surface area contributed by atoms with Gasteiger partial charge in [-0.15, -0.1) is 0 Å². The molecule has 2 heterocycles. The van der Waals surface area contributed by atoms with Crippen molar-refractivity contribution >= 4 is 55.4 Å². The van der Waals surface area contributed by atoms with E-state index in [9.17, 15) is 0 Å². The summed E-state index contributed by atoms with van der Waals surface area (Å²) in [7, 11) is 0. The molecule has 2 aromatic heterocycles. The normalized spacial score (nSPS) is 15.3. The Balaban J connectivity index is 1.02. The van der Waals surface area contributed by atoms with E-state index >= 15 is 0 Å². The first-order valence-electron chi connectivity index (χ1n) is 24.5. The second-order valence-electron chi connectivity index (χ2n) is 18.5. The molecule has 1 unspecified atom stereocenters. The van der Waals surface area contributed by atoms with Crippen LogP contribution < -0.4 is 4.90 Å². The molecule has 0 spiro atoms. The fraction of sp³-hybridized carbons (Fsp3) is 0.0746. The first-order chi connectivity index (χ1) is 34.7. The monoisotopic (exact) mass is 898 g/mol. The Hall–Kier alpha value is -8.66. The van der Waals surface area contributed by atoms with Gasteiger partial charge in [0.1, 0.15) is 11.3 Å². The summed E-state index contributed by atoms with van der Waals surface area (Å²) in [5.74, 6) is 0.990. The molecule has 0 N–H and O–H groups in total. The van der Waals surface area contributed by atoms with Crippen molar-refractivity contribution in [2.24, 2.45) is 0 Å². The third-order valence-corrected chi connectivity index (χ3v) is 14.8. The molecule has 0 amide bonds. The van der Waals surface area contributed by atoms with E-state index in [2.05, 4.69) is 266 Å². The van der Waals surface area contributed by atoms with Gasteiger partial charge >= 0.3 is 0 Å². The molecule has 2 aliphatic carbocycles. The molecule has 2 aliphatic rings. The minimum atomic E-state index is -0.601. The predicted octanol–water partition coefficient (Wildman–Crippen LogP) is 17.9. The lowest BCUT2D eigenvalue weighted by atomic mass is 9.66. The van der Waals surface area contributed by atoms with Crippen LogP contribution >= 0.6 is 0 Å². The lowest BCUT2D eigenvalue weighted by molar-refractivity contribution is 0.591. The highest BCUT2D eigenvalue weighted by atomic mass is 16.3. The number of aromatic nitrogens is 1. The summed E-state index contributed by atoms with van der Waals surface area (Å²) in [5.41, 5.74) is 20.7. The first-order valence-corrected chi connectivity index (χ1v) is 24.5. The maximum Gasteiger partial charge on any atom is 0.138 e. The van der Waals surface area contributed by atoms with Gasteiger partial charge in [0.25, 0.3) is 0 Å². The largest absolute Gasteiger partial charge is 0.456 e. The van der Waals surface area contributed by atoms with Gasteiger partial charge in [-0.05, 0) is 132 Å². The fourth-order valence-corrected chi connectivity index (χ4v) is 12.0. The number of para-hydroxylation sites is 3. The van der Waals surface area contributed by atoms with Gasteiger partial charge in [-0.1, -0.05) is 182 Å². The molecule has 11 aromatic rings. The highest BCUT2D eigenvalue weighted by Gasteiger charge is 2.48.